The maximum absolute atomic E-state index is 9.26. The molecule has 0 radical (unpaired) electrons. The Bertz CT molecular complexity index is 356. The Kier molecular flexibility index (Phi) is 5.15. The highest BCUT2D eigenvalue weighted by Gasteiger charge is 2.13. The Morgan fingerprint density at radius 2 is 2.12 bits per heavy atom. The standard InChI is InChI=1S/C12H21N3O2/c1-5-17-12-6-11(13-9(4)14-12)15-10(7-16)8(2)3/h6,8,10,16H,5,7H2,1-4H3,(H,13,14,15). The number of anilines is 1. The fourth-order valence-corrected chi connectivity index (χ4v) is 1.45. The van der Waals surface area contributed by atoms with Gasteiger partial charge in [0.2, 0.25) is 5.88 Å². The van der Waals surface area contributed by atoms with Gasteiger partial charge >= 0.3 is 0 Å². The first-order chi connectivity index (χ1) is 8.06. The van der Waals surface area contributed by atoms with E-state index in [4.69, 9.17) is 4.74 Å². The van der Waals surface area contributed by atoms with Crippen molar-refractivity contribution in [3.63, 3.8) is 0 Å². The molecule has 1 heterocycles. The highest BCUT2D eigenvalue weighted by Crippen LogP contribution is 2.16. The summed E-state index contributed by atoms with van der Waals surface area (Å²) in [5.74, 6) is 2.22. The number of nitrogens with one attached hydrogen (secondary N) is 1. The fraction of sp³-hybridized carbons (Fsp3) is 0.667. The van der Waals surface area contributed by atoms with Crippen LogP contribution in [0.1, 0.15) is 26.6 Å². The molecule has 1 aromatic heterocycles. The molecule has 96 valence electrons. The average Bonchev–Trinajstić information content (AvgIpc) is 2.25. The van der Waals surface area contributed by atoms with E-state index in [0.29, 0.717) is 30.0 Å². The van der Waals surface area contributed by atoms with E-state index in [2.05, 4.69) is 15.3 Å². The number of hydrogen-bond donors (Lipinski definition) is 2. The SMILES string of the molecule is CCOc1cc(NC(CO)C(C)C)nc(C)n1. The second-order valence-electron chi connectivity index (χ2n) is 4.25. The van der Waals surface area contributed by atoms with Gasteiger partial charge in [0.25, 0.3) is 0 Å². The highest BCUT2D eigenvalue weighted by molar-refractivity contribution is 5.39. The molecular formula is C12H21N3O2. The van der Waals surface area contributed by atoms with Crippen LogP contribution in [0.15, 0.2) is 6.07 Å². The van der Waals surface area contributed by atoms with Crippen LogP contribution in [0.2, 0.25) is 0 Å². The summed E-state index contributed by atoms with van der Waals surface area (Å²) in [6.07, 6.45) is 0. The van der Waals surface area contributed by atoms with Crippen LogP contribution in [0, 0.1) is 12.8 Å². The third-order valence-electron chi connectivity index (χ3n) is 2.44. The second kappa shape index (κ2) is 6.39. The lowest BCUT2D eigenvalue weighted by Crippen LogP contribution is -2.30. The number of aromatic nitrogens is 2. The van der Waals surface area contributed by atoms with Gasteiger partial charge in [-0.2, -0.15) is 4.98 Å². The van der Waals surface area contributed by atoms with Gasteiger partial charge in [-0.1, -0.05) is 13.8 Å². The first-order valence-electron chi connectivity index (χ1n) is 5.92. The average molecular weight is 239 g/mol. The van der Waals surface area contributed by atoms with Crippen LogP contribution in [-0.2, 0) is 0 Å². The predicted molar refractivity (Wildman–Crippen MR) is 67.3 cm³/mol. The van der Waals surface area contributed by atoms with E-state index < -0.39 is 0 Å². The third kappa shape index (κ3) is 4.19. The number of aryl methyl sites for hydroxylation is 1. The van der Waals surface area contributed by atoms with Crippen molar-refractivity contribution >= 4 is 5.82 Å². The van der Waals surface area contributed by atoms with Crippen LogP contribution in [0.5, 0.6) is 5.88 Å². The molecule has 0 aromatic carbocycles. The van der Waals surface area contributed by atoms with Gasteiger partial charge in [-0.25, -0.2) is 4.98 Å². The maximum Gasteiger partial charge on any atom is 0.218 e. The molecule has 0 aliphatic carbocycles. The van der Waals surface area contributed by atoms with Crippen molar-refractivity contribution in [3.05, 3.63) is 11.9 Å². The molecule has 17 heavy (non-hydrogen) atoms. The van der Waals surface area contributed by atoms with Gasteiger partial charge in [0.05, 0.1) is 19.3 Å². The van der Waals surface area contributed by atoms with E-state index in [1.165, 1.54) is 0 Å². The zero-order valence-corrected chi connectivity index (χ0v) is 10.9. The van der Waals surface area contributed by atoms with Crippen molar-refractivity contribution in [2.75, 3.05) is 18.5 Å². The molecule has 1 atom stereocenters. The molecule has 1 unspecified atom stereocenters. The Morgan fingerprint density at radius 3 is 2.65 bits per heavy atom. The summed E-state index contributed by atoms with van der Waals surface area (Å²) in [4.78, 5) is 8.44. The number of nitrogens with zero attached hydrogens (tertiary/aromatic N) is 2. The zero-order chi connectivity index (χ0) is 12.8. The summed E-state index contributed by atoms with van der Waals surface area (Å²) in [6.45, 7) is 8.47. The Balaban J connectivity index is 2.82. The molecule has 0 aliphatic heterocycles. The molecule has 0 amide bonds. The van der Waals surface area contributed by atoms with Gasteiger partial charge < -0.3 is 15.2 Å². The summed E-state index contributed by atoms with van der Waals surface area (Å²) in [5, 5.41) is 12.4. The Hall–Kier alpha value is -1.36. The first kappa shape index (κ1) is 13.7. The summed E-state index contributed by atoms with van der Waals surface area (Å²) in [6, 6.07) is 1.74. The minimum atomic E-state index is -0.0150. The molecular weight excluding hydrogens is 218 g/mol. The molecule has 1 rings (SSSR count). The smallest absolute Gasteiger partial charge is 0.218 e. The third-order valence-corrected chi connectivity index (χ3v) is 2.44. The fourth-order valence-electron chi connectivity index (χ4n) is 1.45. The first-order valence-corrected chi connectivity index (χ1v) is 5.92. The lowest BCUT2D eigenvalue weighted by Gasteiger charge is -2.20. The lowest BCUT2D eigenvalue weighted by atomic mass is 10.1. The van der Waals surface area contributed by atoms with Crippen molar-refractivity contribution < 1.29 is 9.84 Å². The molecule has 0 bridgehead atoms. The molecule has 0 saturated heterocycles. The molecule has 2 N–H and O–H groups in total. The van der Waals surface area contributed by atoms with Crippen LogP contribution in [-0.4, -0.2) is 34.3 Å². The quantitative estimate of drug-likeness (QED) is 0.789. The van der Waals surface area contributed by atoms with E-state index in [0.717, 1.165) is 0 Å². The molecule has 0 aliphatic rings. The number of aliphatic hydroxyl groups excluding tert-OH is 1. The number of aliphatic hydroxyl groups is 1. The van der Waals surface area contributed by atoms with Crippen LogP contribution >= 0.6 is 0 Å². The highest BCUT2D eigenvalue weighted by atomic mass is 16.5. The van der Waals surface area contributed by atoms with Gasteiger partial charge in [-0.3, -0.25) is 0 Å². The molecule has 1 aromatic rings. The van der Waals surface area contributed by atoms with Crippen molar-refractivity contribution in [3.8, 4) is 5.88 Å². The summed E-state index contributed by atoms with van der Waals surface area (Å²) in [7, 11) is 0. The molecule has 0 fully saturated rings. The van der Waals surface area contributed by atoms with Crippen molar-refractivity contribution in [1.29, 1.82) is 0 Å². The lowest BCUT2D eigenvalue weighted by molar-refractivity contribution is 0.249. The van der Waals surface area contributed by atoms with E-state index in [-0.39, 0.29) is 12.6 Å². The molecule has 5 heteroatoms. The summed E-state index contributed by atoms with van der Waals surface area (Å²) in [5.41, 5.74) is 0. The van der Waals surface area contributed by atoms with Gasteiger partial charge in [-0.05, 0) is 19.8 Å². The molecule has 5 nitrogen and oxygen atoms in total. The zero-order valence-electron chi connectivity index (χ0n) is 10.9. The molecule has 0 saturated carbocycles. The minimum absolute atomic E-state index is 0.0150. The molecule has 0 spiro atoms. The Morgan fingerprint density at radius 1 is 1.41 bits per heavy atom. The second-order valence-corrected chi connectivity index (χ2v) is 4.25. The Labute approximate surface area is 102 Å². The van der Waals surface area contributed by atoms with Crippen molar-refractivity contribution in [2.45, 2.75) is 33.7 Å². The van der Waals surface area contributed by atoms with Gasteiger partial charge in [0.1, 0.15) is 11.6 Å². The summed E-state index contributed by atoms with van der Waals surface area (Å²) >= 11 is 0. The van der Waals surface area contributed by atoms with Crippen LogP contribution in [0.4, 0.5) is 5.82 Å². The minimum Gasteiger partial charge on any atom is -0.478 e. The van der Waals surface area contributed by atoms with Gasteiger partial charge in [0.15, 0.2) is 0 Å². The van der Waals surface area contributed by atoms with Gasteiger partial charge in [0, 0.05) is 6.07 Å². The number of hydrogen-bond acceptors (Lipinski definition) is 5. The number of rotatable bonds is 6. The van der Waals surface area contributed by atoms with Crippen LogP contribution < -0.4 is 10.1 Å². The van der Waals surface area contributed by atoms with E-state index in [9.17, 15) is 5.11 Å². The summed E-state index contributed by atoms with van der Waals surface area (Å²) < 4.78 is 5.35. The van der Waals surface area contributed by atoms with E-state index in [1.54, 1.807) is 6.07 Å². The van der Waals surface area contributed by atoms with E-state index >= 15 is 0 Å². The van der Waals surface area contributed by atoms with Crippen molar-refractivity contribution in [1.82, 2.24) is 9.97 Å². The van der Waals surface area contributed by atoms with E-state index in [1.807, 2.05) is 27.7 Å². The maximum atomic E-state index is 9.26. The topological polar surface area (TPSA) is 67.3 Å². The predicted octanol–water partition coefficient (Wildman–Crippen LogP) is 1.61. The van der Waals surface area contributed by atoms with Crippen LogP contribution in [0.3, 0.4) is 0 Å². The largest absolute Gasteiger partial charge is 0.478 e. The normalized spacial score (nSPS) is 12.6. The number of ether oxygens (including phenoxy) is 1. The van der Waals surface area contributed by atoms with Crippen LogP contribution in [0.25, 0.3) is 0 Å². The van der Waals surface area contributed by atoms with Gasteiger partial charge in [-0.15, -0.1) is 0 Å². The monoisotopic (exact) mass is 239 g/mol. The van der Waals surface area contributed by atoms with Crippen molar-refractivity contribution in [2.24, 2.45) is 5.92 Å².